The third-order valence-corrected chi connectivity index (χ3v) is 0.964. The van der Waals surface area contributed by atoms with Gasteiger partial charge in [0.15, 0.2) is 0 Å². The van der Waals surface area contributed by atoms with Gasteiger partial charge in [-0.3, -0.25) is 17.2 Å². The van der Waals surface area contributed by atoms with Gasteiger partial charge in [0.25, 0.3) is 0 Å². The van der Waals surface area contributed by atoms with E-state index in [4.69, 9.17) is 22.3 Å². The average molecular weight is 119 g/mol. The van der Waals surface area contributed by atoms with Crippen LogP contribution in [0.3, 0.4) is 0 Å². The van der Waals surface area contributed by atoms with Gasteiger partial charge in [-0.2, -0.15) is 0 Å². The Morgan fingerprint density at radius 3 is 1.88 bits per heavy atom. The van der Waals surface area contributed by atoms with E-state index < -0.39 is 11.9 Å². The molecule has 0 aliphatic carbocycles. The van der Waals surface area contributed by atoms with Crippen molar-refractivity contribution in [3.05, 3.63) is 0 Å². The lowest BCUT2D eigenvalue weighted by molar-refractivity contribution is 0.0869. The fraction of sp³-hybridized carbons (Fsp3) is 1.00. The summed E-state index contributed by atoms with van der Waals surface area (Å²) in [6, 6.07) is 0. The summed E-state index contributed by atoms with van der Waals surface area (Å²) < 4.78 is 0. The lowest BCUT2D eigenvalue weighted by Crippen LogP contribution is -2.65. The zero-order chi connectivity index (χ0) is 6.78. The van der Waals surface area contributed by atoms with E-state index in [1.807, 2.05) is 0 Å². The van der Waals surface area contributed by atoms with E-state index in [-0.39, 0.29) is 0 Å². The van der Waals surface area contributed by atoms with Crippen LogP contribution in [0, 0.1) is 0 Å². The summed E-state index contributed by atoms with van der Waals surface area (Å²) in [5.74, 6) is -1.44. The molecule has 0 saturated heterocycles. The van der Waals surface area contributed by atoms with Crippen molar-refractivity contribution in [1.82, 2.24) is 0 Å². The van der Waals surface area contributed by atoms with Gasteiger partial charge in [-0.25, -0.2) is 0 Å². The van der Waals surface area contributed by atoms with E-state index in [1.54, 1.807) is 6.92 Å². The number of hydrogen-bond donors (Lipinski definition) is 4. The van der Waals surface area contributed by atoms with Gasteiger partial charge in [0.05, 0.1) is 6.10 Å². The molecule has 0 radical (unpaired) electrons. The summed E-state index contributed by atoms with van der Waals surface area (Å²) in [5, 5.41) is 8.82. The molecule has 0 amide bonds. The van der Waals surface area contributed by atoms with Gasteiger partial charge in [-0.15, -0.1) is 0 Å². The number of aliphatic hydroxyl groups is 1. The van der Waals surface area contributed by atoms with Crippen LogP contribution >= 0.6 is 0 Å². The number of nitrogens with two attached hydrogens (primary N) is 3. The van der Waals surface area contributed by atoms with Gasteiger partial charge in [0, 0.05) is 0 Å². The molecule has 50 valence electrons. The van der Waals surface area contributed by atoms with Crippen LogP contribution in [-0.2, 0) is 0 Å². The third-order valence-electron chi connectivity index (χ3n) is 0.964. The van der Waals surface area contributed by atoms with Crippen molar-refractivity contribution in [1.29, 1.82) is 0 Å². The van der Waals surface area contributed by atoms with Crippen LogP contribution in [0.2, 0.25) is 0 Å². The Hall–Kier alpha value is -0.160. The maximum Gasteiger partial charge on any atom is 0.142 e. The summed E-state index contributed by atoms with van der Waals surface area (Å²) in [7, 11) is 0. The smallest absolute Gasteiger partial charge is 0.142 e. The molecule has 0 fully saturated rings. The summed E-state index contributed by atoms with van der Waals surface area (Å²) >= 11 is 0. The SMILES string of the molecule is CCC(O)C(N)(N)N. The van der Waals surface area contributed by atoms with Crippen molar-refractivity contribution in [2.45, 2.75) is 25.2 Å². The first-order valence-electron chi connectivity index (χ1n) is 2.53. The van der Waals surface area contributed by atoms with Crippen molar-refractivity contribution in [2.75, 3.05) is 0 Å². The van der Waals surface area contributed by atoms with Crippen LogP contribution in [0.15, 0.2) is 0 Å². The molecule has 1 atom stereocenters. The van der Waals surface area contributed by atoms with E-state index in [1.165, 1.54) is 0 Å². The minimum absolute atomic E-state index is 0.476. The average Bonchev–Trinajstić information content (AvgIpc) is 1.62. The molecule has 0 saturated carbocycles. The zero-order valence-corrected chi connectivity index (χ0v) is 4.96. The van der Waals surface area contributed by atoms with Gasteiger partial charge in [0.2, 0.25) is 0 Å². The Labute approximate surface area is 48.6 Å². The standard InChI is InChI=1S/C4H13N3O/c1-2-3(8)4(5,6)7/h3,8H,2,5-7H2,1H3. The van der Waals surface area contributed by atoms with Crippen molar-refractivity contribution in [3.8, 4) is 0 Å². The first kappa shape index (κ1) is 7.84. The molecule has 0 aromatic rings. The number of rotatable bonds is 2. The number of aliphatic hydroxyl groups excluding tert-OH is 1. The first-order chi connectivity index (χ1) is 3.48. The summed E-state index contributed by atoms with van der Waals surface area (Å²) in [5.41, 5.74) is 15.3. The zero-order valence-electron chi connectivity index (χ0n) is 4.96. The van der Waals surface area contributed by atoms with E-state index in [2.05, 4.69) is 0 Å². The van der Waals surface area contributed by atoms with Gasteiger partial charge in [-0.1, -0.05) is 6.92 Å². The molecule has 8 heavy (non-hydrogen) atoms. The Bertz CT molecular complexity index is 68.2. The van der Waals surface area contributed by atoms with Gasteiger partial charge < -0.3 is 5.11 Å². The van der Waals surface area contributed by atoms with Crippen molar-refractivity contribution >= 4 is 0 Å². The molecule has 4 heteroatoms. The highest BCUT2D eigenvalue weighted by Crippen LogP contribution is 1.94. The van der Waals surface area contributed by atoms with Crippen LogP contribution in [0.25, 0.3) is 0 Å². The lowest BCUT2D eigenvalue weighted by atomic mass is 10.2. The van der Waals surface area contributed by atoms with Gasteiger partial charge in [-0.05, 0) is 6.42 Å². The normalized spacial score (nSPS) is 16.1. The van der Waals surface area contributed by atoms with E-state index in [9.17, 15) is 0 Å². The highest BCUT2D eigenvalue weighted by molar-refractivity contribution is 4.76. The maximum atomic E-state index is 8.82. The Kier molecular flexibility index (Phi) is 2.36. The lowest BCUT2D eigenvalue weighted by Gasteiger charge is -2.23. The quantitative estimate of drug-likeness (QED) is 0.325. The second-order valence-corrected chi connectivity index (χ2v) is 1.92. The maximum absolute atomic E-state index is 8.82. The van der Waals surface area contributed by atoms with Crippen molar-refractivity contribution in [2.24, 2.45) is 17.2 Å². The fourth-order valence-corrected chi connectivity index (χ4v) is 0.354. The topological polar surface area (TPSA) is 98.3 Å². The predicted octanol–water partition coefficient (Wildman–Crippen LogP) is -1.71. The Morgan fingerprint density at radius 1 is 1.50 bits per heavy atom. The molecule has 0 aromatic heterocycles. The Morgan fingerprint density at radius 2 is 1.88 bits per heavy atom. The van der Waals surface area contributed by atoms with Crippen LogP contribution < -0.4 is 17.2 Å². The highest BCUT2D eigenvalue weighted by atomic mass is 16.3. The first-order valence-corrected chi connectivity index (χ1v) is 2.53. The Balaban J connectivity index is 3.62. The van der Waals surface area contributed by atoms with Gasteiger partial charge in [0.1, 0.15) is 5.79 Å². The molecule has 1 unspecified atom stereocenters. The molecule has 0 aromatic carbocycles. The summed E-state index contributed by atoms with van der Waals surface area (Å²) in [4.78, 5) is 0. The molecule has 0 aliphatic rings. The molecule has 0 rings (SSSR count). The summed E-state index contributed by atoms with van der Waals surface area (Å²) in [6.07, 6.45) is -0.341. The molecular formula is C4H13N3O. The summed E-state index contributed by atoms with van der Waals surface area (Å²) in [6.45, 7) is 1.76. The predicted molar refractivity (Wildman–Crippen MR) is 31.6 cm³/mol. The third kappa shape index (κ3) is 2.23. The molecule has 7 N–H and O–H groups in total. The van der Waals surface area contributed by atoms with Crippen LogP contribution in [0.5, 0.6) is 0 Å². The second-order valence-electron chi connectivity index (χ2n) is 1.92. The van der Waals surface area contributed by atoms with Crippen molar-refractivity contribution in [3.63, 3.8) is 0 Å². The van der Waals surface area contributed by atoms with E-state index in [0.717, 1.165) is 0 Å². The molecule has 0 aliphatic heterocycles. The minimum atomic E-state index is -1.44. The minimum Gasteiger partial charge on any atom is -0.388 e. The van der Waals surface area contributed by atoms with Gasteiger partial charge >= 0.3 is 0 Å². The molecule has 0 bridgehead atoms. The van der Waals surface area contributed by atoms with E-state index >= 15 is 0 Å². The van der Waals surface area contributed by atoms with Crippen LogP contribution in [-0.4, -0.2) is 17.0 Å². The molecule has 4 nitrogen and oxygen atoms in total. The van der Waals surface area contributed by atoms with Crippen molar-refractivity contribution < 1.29 is 5.11 Å². The largest absolute Gasteiger partial charge is 0.388 e. The fourth-order valence-electron chi connectivity index (χ4n) is 0.354. The van der Waals surface area contributed by atoms with Crippen LogP contribution in [0.1, 0.15) is 13.3 Å². The molecular weight excluding hydrogens is 106 g/mol. The monoisotopic (exact) mass is 119 g/mol. The number of hydrogen-bond acceptors (Lipinski definition) is 4. The molecule has 0 spiro atoms. The molecule has 0 heterocycles. The highest BCUT2D eigenvalue weighted by Gasteiger charge is 2.21. The second kappa shape index (κ2) is 2.41. The van der Waals surface area contributed by atoms with Crippen LogP contribution in [0.4, 0.5) is 0 Å². The van der Waals surface area contributed by atoms with E-state index in [0.29, 0.717) is 6.42 Å².